The van der Waals surface area contributed by atoms with E-state index in [1.165, 1.54) is 34.9 Å². The van der Waals surface area contributed by atoms with Crippen LogP contribution >= 0.6 is 11.8 Å². The predicted octanol–water partition coefficient (Wildman–Crippen LogP) is 2.62. The Labute approximate surface area is 102 Å². The van der Waals surface area contributed by atoms with Gasteiger partial charge in [-0.15, -0.1) is 11.8 Å². The summed E-state index contributed by atoms with van der Waals surface area (Å²) in [5.74, 6) is 3.03. The fraction of sp³-hybridized carbons (Fsp3) is 0.538. The number of hydrogen-bond acceptors (Lipinski definition) is 3. The zero-order chi connectivity index (χ0) is 11.5. The standard InChI is InChI=1S/C13H19NOS/c1-9-4-12(15-3)13(5-10(9)2)16-8-11-6-14-7-11/h4-5,11,14H,6-8H2,1-3H3. The number of ether oxygens (including phenoxy) is 1. The fourth-order valence-electron chi connectivity index (χ4n) is 1.71. The van der Waals surface area contributed by atoms with Gasteiger partial charge >= 0.3 is 0 Å². The lowest BCUT2D eigenvalue weighted by Gasteiger charge is -2.26. The number of benzene rings is 1. The molecule has 16 heavy (non-hydrogen) atoms. The molecule has 0 aromatic heterocycles. The molecule has 3 heteroatoms. The van der Waals surface area contributed by atoms with Crippen molar-refractivity contribution in [2.24, 2.45) is 5.92 Å². The topological polar surface area (TPSA) is 21.3 Å². The Morgan fingerprint density at radius 3 is 2.56 bits per heavy atom. The summed E-state index contributed by atoms with van der Waals surface area (Å²) in [6, 6.07) is 4.38. The minimum atomic E-state index is 0.830. The Kier molecular flexibility index (Phi) is 3.77. The van der Waals surface area contributed by atoms with Gasteiger partial charge < -0.3 is 10.1 Å². The molecule has 1 aliphatic heterocycles. The van der Waals surface area contributed by atoms with E-state index in [1.807, 2.05) is 11.8 Å². The lowest BCUT2D eigenvalue weighted by molar-refractivity contribution is 0.384. The summed E-state index contributed by atoms with van der Waals surface area (Å²) >= 11 is 1.91. The third-order valence-corrected chi connectivity index (χ3v) is 4.39. The Morgan fingerprint density at radius 1 is 1.31 bits per heavy atom. The van der Waals surface area contributed by atoms with E-state index < -0.39 is 0 Å². The molecule has 88 valence electrons. The van der Waals surface area contributed by atoms with Gasteiger partial charge in [0.15, 0.2) is 0 Å². The van der Waals surface area contributed by atoms with E-state index >= 15 is 0 Å². The molecular weight excluding hydrogens is 218 g/mol. The van der Waals surface area contributed by atoms with Crippen molar-refractivity contribution in [3.05, 3.63) is 23.3 Å². The van der Waals surface area contributed by atoms with Gasteiger partial charge in [0, 0.05) is 10.6 Å². The SMILES string of the molecule is COc1cc(C)c(C)cc1SCC1CNC1. The van der Waals surface area contributed by atoms with Crippen molar-refractivity contribution in [2.45, 2.75) is 18.7 Å². The molecule has 0 radical (unpaired) electrons. The van der Waals surface area contributed by atoms with Gasteiger partial charge in [0.25, 0.3) is 0 Å². The Hall–Kier alpha value is -0.670. The summed E-state index contributed by atoms with van der Waals surface area (Å²) in [4.78, 5) is 1.28. The zero-order valence-corrected chi connectivity index (χ0v) is 11.0. The molecule has 0 atom stereocenters. The van der Waals surface area contributed by atoms with Crippen molar-refractivity contribution in [1.82, 2.24) is 5.32 Å². The van der Waals surface area contributed by atoms with Crippen molar-refractivity contribution < 1.29 is 4.74 Å². The molecule has 0 amide bonds. The number of hydrogen-bond donors (Lipinski definition) is 1. The van der Waals surface area contributed by atoms with Crippen LogP contribution in [0.15, 0.2) is 17.0 Å². The first-order valence-electron chi connectivity index (χ1n) is 5.69. The average molecular weight is 237 g/mol. The van der Waals surface area contributed by atoms with Gasteiger partial charge in [0.05, 0.1) is 7.11 Å². The quantitative estimate of drug-likeness (QED) is 0.813. The second-order valence-corrected chi connectivity index (χ2v) is 5.48. The number of aryl methyl sites for hydroxylation is 2. The van der Waals surface area contributed by atoms with Crippen LogP contribution in [0.25, 0.3) is 0 Å². The summed E-state index contributed by atoms with van der Waals surface area (Å²) in [6.45, 7) is 6.62. The molecule has 0 aliphatic carbocycles. The van der Waals surface area contributed by atoms with Crippen molar-refractivity contribution in [1.29, 1.82) is 0 Å². The molecule has 2 nitrogen and oxygen atoms in total. The van der Waals surface area contributed by atoms with E-state index in [-0.39, 0.29) is 0 Å². The Balaban J connectivity index is 2.08. The van der Waals surface area contributed by atoms with Crippen LogP contribution in [0.1, 0.15) is 11.1 Å². The molecule has 1 heterocycles. The first kappa shape index (κ1) is 11.8. The highest BCUT2D eigenvalue weighted by molar-refractivity contribution is 7.99. The van der Waals surface area contributed by atoms with Crippen LogP contribution in [0.4, 0.5) is 0 Å². The third kappa shape index (κ3) is 2.53. The van der Waals surface area contributed by atoms with Crippen LogP contribution in [-0.4, -0.2) is 26.0 Å². The number of rotatable bonds is 4. The van der Waals surface area contributed by atoms with Crippen LogP contribution in [0.3, 0.4) is 0 Å². The first-order valence-corrected chi connectivity index (χ1v) is 6.68. The second-order valence-electron chi connectivity index (χ2n) is 4.42. The number of methoxy groups -OCH3 is 1. The summed E-state index contributed by atoms with van der Waals surface area (Å²) in [5, 5.41) is 3.30. The van der Waals surface area contributed by atoms with Gasteiger partial charge in [-0.1, -0.05) is 0 Å². The lowest BCUT2D eigenvalue weighted by atomic mass is 10.1. The van der Waals surface area contributed by atoms with E-state index in [9.17, 15) is 0 Å². The minimum Gasteiger partial charge on any atom is -0.496 e. The lowest BCUT2D eigenvalue weighted by Crippen LogP contribution is -2.43. The van der Waals surface area contributed by atoms with Crippen LogP contribution in [0, 0.1) is 19.8 Å². The maximum atomic E-state index is 5.43. The van der Waals surface area contributed by atoms with Crippen molar-refractivity contribution in [3.8, 4) is 5.75 Å². The smallest absolute Gasteiger partial charge is 0.132 e. The van der Waals surface area contributed by atoms with Gasteiger partial charge in [-0.05, 0) is 56.1 Å². The molecule has 0 unspecified atom stereocenters. The molecule has 0 spiro atoms. The maximum absolute atomic E-state index is 5.43. The molecule has 1 N–H and O–H groups in total. The van der Waals surface area contributed by atoms with E-state index in [1.54, 1.807) is 7.11 Å². The average Bonchev–Trinajstić information content (AvgIpc) is 2.20. The van der Waals surface area contributed by atoms with Crippen LogP contribution < -0.4 is 10.1 Å². The highest BCUT2D eigenvalue weighted by atomic mass is 32.2. The van der Waals surface area contributed by atoms with Gasteiger partial charge in [-0.2, -0.15) is 0 Å². The summed E-state index contributed by atoms with van der Waals surface area (Å²) in [5.41, 5.74) is 2.64. The largest absolute Gasteiger partial charge is 0.496 e. The minimum absolute atomic E-state index is 0.830. The second kappa shape index (κ2) is 5.11. The monoisotopic (exact) mass is 237 g/mol. The Morgan fingerprint density at radius 2 is 2.00 bits per heavy atom. The van der Waals surface area contributed by atoms with E-state index in [0.29, 0.717) is 0 Å². The van der Waals surface area contributed by atoms with Gasteiger partial charge in [0.1, 0.15) is 5.75 Å². The van der Waals surface area contributed by atoms with Crippen LogP contribution in [0.2, 0.25) is 0 Å². The summed E-state index contributed by atoms with van der Waals surface area (Å²) in [7, 11) is 1.75. The molecule has 0 saturated carbocycles. The van der Waals surface area contributed by atoms with Crippen LogP contribution in [-0.2, 0) is 0 Å². The molecule has 1 aromatic rings. The Bertz CT molecular complexity index is 374. The first-order chi connectivity index (χ1) is 7.70. The highest BCUT2D eigenvalue weighted by Gasteiger charge is 2.17. The van der Waals surface area contributed by atoms with E-state index in [0.717, 1.165) is 11.7 Å². The molecule has 2 rings (SSSR count). The summed E-state index contributed by atoms with van der Waals surface area (Å²) in [6.07, 6.45) is 0. The van der Waals surface area contributed by atoms with Gasteiger partial charge in [-0.25, -0.2) is 0 Å². The normalized spacial score (nSPS) is 15.9. The van der Waals surface area contributed by atoms with Gasteiger partial charge in [-0.3, -0.25) is 0 Å². The van der Waals surface area contributed by atoms with E-state index in [4.69, 9.17) is 4.74 Å². The van der Waals surface area contributed by atoms with Gasteiger partial charge in [0.2, 0.25) is 0 Å². The molecule has 0 bridgehead atoms. The fourth-order valence-corrected chi connectivity index (χ4v) is 2.91. The zero-order valence-electron chi connectivity index (χ0n) is 10.2. The maximum Gasteiger partial charge on any atom is 0.132 e. The van der Waals surface area contributed by atoms with Crippen molar-refractivity contribution >= 4 is 11.8 Å². The molecule has 1 aromatic carbocycles. The highest BCUT2D eigenvalue weighted by Crippen LogP contribution is 2.33. The molecule has 1 fully saturated rings. The molecule has 1 aliphatic rings. The third-order valence-electron chi connectivity index (χ3n) is 3.12. The molecule has 1 saturated heterocycles. The predicted molar refractivity (Wildman–Crippen MR) is 69.6 cm³/mol. The number of thioether (sulfide) groups is 1. The number of nitrogens with one attached hydrogen (secondary N) is 1. The summed E-state index contributed by atoms with van der Waals surface area (Å²) < 4.78 is 5.43. The van der Waals surface area contributed by atoms with Crippen molar-refractivity contribution in [3.63, 3.8) is 0 Å². The van der Waals surface area contributed by atoms with Crippen LogP contribution in [0.5, 0.6) is 5.75 Å². The van der Waals surface area contributed by atoms with E-state index in [2.05, 4.69) is 31.3 Å². The van der Waals surface area contributed by atoms with Crippen molar-refractivity contribution in [2.75, 3.05) is 26.0 Å². The molecular formula is C13H19NOS.